The van der Waals surface area contributed by atoms with Crippen LogP contribution >= 0.6 is 15.9 Å². The van der Waals surface area contributed by atoms with Gasteiger partial charge in [0.1, 0.15) is 0 Å². The van der Waals surface area contributed by atoms with Gasteiger partial charge in [-0.3, -0.25) is 0 Å². The van der Waals surface area contributed by atoms with Crippen LogP contribution in [-0.2, 0) is 5.41 Å². The molecule has 0 unspecified atom stereocenters. The Labute approximate surface area is 127 Å². The first-order chi connectivity index (χ1) is 9.66. The number of benzene rings is 1. The molecular formula is C16H19BrN2O. The van der Waals surface area contributed by atoms with E-state index in [2.05, 4.69) is 40.1 Å². The van der Waals surface area contributed by atoms with Crippen LogP contribution in [0, 0.1) is 0 Å². The van der Waals surface area contributed by atoms with E-state index < -0.39 is 0 Å². The number of hydrogen-bond donors (Lipinski definition) is 1. The molecule has 2 N–H and O–H groups in total. The number of rotatable bonds is 3. The van der Waals surface area contributed by atoms with Gasteiger partial charge < -0.3 is 10.3 Å². The van der Waals surface area contributed by atoms with Gasteiger partial charge in [0.05, 0.1) is 5.56 Å². The van der Waals surface area contributed by atoms with Crippen LogP contribution in [0.1, 0.15) is 44.8 Å². The van der Waals surface area contributed by atoms with Gasteiger partial charge in [0.2, 0.25) is 0 Å². The third-order valence-corrected chi connectivity index (χ3v) is 5.04. The van der Waals surface area contributed by atoms with Crippen LogP contribution in [0.3, 0.4) is 0 Å². The maximum absolute atomic E-state index is 6.08. The van der Waals surface area contributed by atoms with Crippen LogP contribution in [0.15, 0.2) is 33.3 Å². The molecule has 0 radical (unpaired) electrons. The quantitative estimate of drug-likeness (QED) is 0.867. The SMILES string of the molecule is CCC1(c2onc(N)c2-c2cccc(Br)c2)CCCC1. The van der Waals surface area contributed by atoms with Crippen LogP contribution in [0.4, 0.5) is 5.82 Å². The van der Waals surface area contributed by atoms with Gasteiger partial charge in [-0.1, -0.05) is 53.0 Å². The number of nitrogen functional groups attached to an aromatic ring is 1. The summed E-state index contributed by atoms with van der Waals surface area (Å²) in [5, 5.41) is 4.05. The van der Waals surface area contributed by atoms with E-state index in [-0.39, 0.29) is 5.41 Å². The Bertz CT molecular complexity index is 615. The van der Waals surface area contributed by atoms with E-state index in [0.717, 1.165) is 27.8 Å². The van der Waals surface area contributed by atoms with E-state index in [4.69, 9.17) is 10.3 Å². The van der Waals surface area contributed by atoms with Crippen molar-refractivity contribution in [2.24, 2.45) is 0 Å². The molecular weight excluding hydrogens is 316 g/mol. The predicted molar refractivity (Wildman–Crippen MR) is 84.5 cm³/mol. The van der Waals surface area contributed by atoms with E-state index in [1.54, 1.807) is 0 Å². The molecule has 3 rings (SSSR count). The van der Waals surface area contributed by atoms with Gasteiger partial charge in [-0.2, -0.15) is 0 Å². The zero-order valence-electron chi connectivity index (χ0n) is 11.7. The van der Waals surface area contributed by atoms with Crippen LogP contribution in [0.2, 0.25) is 0 Å². The van der Waals surface area contributed by atoms with Crippen LogP contribution < -0.4 is 5.73 Å². The molecule has 1 saturated carbocycles. The highest BCUT2D eigenvalue weighted by Crippen LogP contribution is 2.48. The highest BCUT2D eigenvalue weighted by Gasteiger charge is 2.40. The Hall–Kier alpha value is -1.29. The topological polar surface area (TPSA) is 52.0 Å². The first-order valence-electron chi connectivity index (χ1n) is 7.18. The fourth-order valence-corrected chi connectivity index (χ4v) is 3.78. The second kappa shape index (κ2) is 5.24. The Morgan fingerprint density at radius 3 is 2.75 bits per heavy atom. The van der Waals surface area contributed by atoms with Crippen molar-refractivity contribution in [2.45, 2.75) is 44.4 Å². The molecule has 4 heteroatoms. The maximum atomic E-state index is 6.08. The summed E-state index contributed by atoms with van der Waals surface area (Å²) in [7, 11) is 0. The lowest BCUT2D eigenvalue weighted by Gasteiger charge is -2.25. The summed E-state index contributed by atoms with van der Waals surface area (Å²) in [4.78, 5) is 0. The summed E-state index contributed by atoms with van der Waals surface area (Å²) < 4.78 is 6.72. The number of halogens is 1. The molecule has 0 bridgehead atoms. The van der Waals surface area contributed by atoms with E-state index in [9.17, 15) is 0 Å². The number of nitrogens with two attached hydrogens (primary N) is 1. The molecule has 0 saturated heterocycles. The highest BCUT2D eigenvalue weighted by molar-refractivity contribution is 9.10. The van der Waals surface area contributed by atoms with Gasteiger partial charge in [0, 0.05) is 9.89 Å². The fraction of sp³-hybridized carbons (Fsp3) is 0.438. The molecule has 1 aromatic heterocycles. The largest absolute Gasteiger partial charge is 0.380 e. The molecule has 1 heterocycles. The van der Waals surface area contributed by atoms with Crippen molar-refractivity contribution in [2.75, 3.05) is 5.73 Å². The summed E-state index contributed by atoms with van der Waals surface area (Å²) in [5.74, 6) is 1.48. The molecule has 2 aromatic rings. The van der Waals surface area contributed by atoms with E-state index in [1.165, 1.54) is 25.7 Å². The number of nitrogens with zero attached hydrogens (tertiary/aromatic N) is 1. The monoisotopic (exact) mass is 334 g/mol. The Morgan fingerprint density at radius 1 is 1.35 bits per heavy atom. The second-order valence-electron chi connectivity index (χ2n) is 5.62. The summed E-state index contributed by atoms with van der Waals surface area (Å²) in [6.45, 7) is 2.23. The second-order valence-corrected chi connectivity index (χ2v) is 6.54. The highest BCUT2D eigenvalue weighted by atomic mass is 79.9. The van der Waals surface area contributed by atoms with Crippen molar-refractivity contribution in [3.05, 3.63) is 34.5 Å². The van der Waals surface area contributed by atoms with Crippen LogP contribution in [0.5, 0.6) is 0 Å². The smallest absolute Gasteiger partial charge is 0.175 e. The summed E-state index contributed by atoms with van der Waals surface area (Å²) in [5.41, 5.74) is 8.26. The van der Waals surface area contributed by atoms with Crippen LogP contribution in [0.25, 0.3) is 11.1 Å². The fourth-order valence-electron chi connectivity index (χ4n) is 3.38. The third kappa shape index (κ3) is 2.16. The summed E-state index contributed by atoms with van der Waals surface area (Å²) in [6, 6.07) is 8.17. The van der Waals surface area contributed by atoms with Gasteiger partial charge in [-0.25, -0.2) is 0 Å². The zero-order valence-corrected chi connectivity index (χ0v) is 13.2. The van der Waals surface area contributed by atoms with Crippen molar-refractivity contribution >= 4 is 21.7 Å². The lowest BCUT2D eigenvalue weighted by atomic mass is 9.78. The molecule has 1 aliphatic carbocycles. The molecule has 1 aromatic carbocycles. The Balaban J connectivity index is 2.15. The molecule has 3 nitrogen and oxygen atoms in total. The predicted octanol–water partition coefficient (Wildman–Crippen LogP) is 4.91. The number of aromatic nitrogens is 1. The molecule has 0 atom stereocenters. The average molecular weight is 335 g/mol. The van der Waals surface area contributed by atoms with E-state index in [1.807, 2.05) is 12.1 Å². The first kappa shape index (κ1) is 13.7. The average Bonchev–Trinajstić information content (AvgIpc) is 3.06. The molecule has 106 valence electrons. The van der Waals surface area contributed by atoms with Gasteiger partial charge in [-0.15, -0.1) is 0 Å². The standard InChI is InChI=1S/C16H19BrN2O/c1-2-16(8-3-4-9-16)14-13(15(18)19-20-14)11-6-5-7-12(17)10-11/h5-7,10H,2-4,8-9H2,1H3,(H2,18,19). The van der Waals surface area contributed by atoms with Crippen molar-refractivity contribution in [1.29, 1.82) is 0 Å². The zero-order chi connectivity index (χ0) is 14.2. The summed E-state index contributed by atoms with van der Waals surface area (Å²) in [6.07, 6.45) is 5.92. The van der Waals surface area contributed by atoms with Crippen molar-refractivity contribution in [1.82, 2.24) is 5.16 Å². The summed E-state index contributed by atoms with van der Waals surface area (Å²) >= 11 is 3.52. The third-order valence-electron chi connectivity index (χ3n) is 4.55. The molecule has 0 amide bonds. The molecule has 1 fully saturated rings. The lowest BCUT2D eigenvalue weighted by Crippen LogP contribution is -2.21. The van der Waals surface area contributed by atoms with Gasteiger partial charge in [0.15, 0.2) is 11.6 Å². The minimum absolute atomic E-state index is 0.113. The minimum Gasteiger partial charge on any atom is -0.380 e. The van der Waals surface area contributed by atoms with Crippen molar-refractivity contribution in [3.63, 3.8) is 0 Å². The van der Waals surface area contributed by atoms with Crippen LogP contribution in [-0.4, -0.2) is 5.16 Å². The van der Waals surface area contributed by atoms with Gasteiger partial charge >= 0.3 is 0 Å². The van der Waals surface area contributed by atoms with Crippen molar-refractivity contribution < 1.29 is 4.52 Å². The molecule has 0 spiro atoms. The van der Waals surface area contributed by atoms with Gasteiger partial charge in [0.25, 0.3) is 0 Å². The minimum atomic E-state index is 0.113. The lowest BCUT2D eigenvalue weighted by molar-refractivity contribution is 0.284. The normalized spacial score (nSPS) is 17.5. The number of anilines is 1. The van der Waals surface area contributed by atoms with Gasteiger partial charge in [-0.05, 0) is 37.0 Å². The number of hydrogen-bond acceptors (Lipinski definition) is 3. The Morgan fingerprint density at radius 2 is 2.10 bits per heavy atom. The molecule has 0 aliphatic heterocycles. The van der Waals surface area contributed by atoms with E-state index >= 15 is 0 Å². The van der Waals surface area contributed by atoms with Crippen molar-refractivity contribution in [3.8, 4) is 11.1 Å². The first-order valence-corrected chi connectivity index (χ1v) is 7.97. The Kier molecular flexibility index (Phi) is 3.59. The maximum Gasteiger partial charge on any atom is 0.175 e. The molecule has 20 heavy (non-hydrogen) atoms. The van der Waals surface area contributed by atoms with E-state index in [0.29, 0.717) is 5.82 Å². The molecule has 1 aliphatic rings.